The molecule has 126 valence electrons. The number of benzene rings is 2. The lowest BCUT2D eigenvalue weighted by atomic mass is 10.2. The minimum absolute atomic E-state index is 0.0394. The van der Waals surface area contributed by atoms with E-state index in [-0.39, 0.29) is 5.91 Å². The summed E-state index contributed by atoms with van der Waals surface area (Å²) in [5.74, 6) is 0.745. The maximum absolute atomic E-state index is 12.0. The minimum atomic E-state index is -0.0394. The van der Waals surface area contributed by atoms with Crippen LogP contribution in [0.5, 0.6) is 5.75 Å². The van der Waals surface area contributed by atoms with Crippen LogP contribution >= 0.6 is 0 Å². The molecule has 1 aliphatic rings. The Balaban J connectivity index is 1.40. The molecule has 0 saturated heterocycles. The second-order valence-corrected chi connectivity index (χ2v) is 6.16. The van der Waals surface area contributed by atoms with Crippen molar-refractivity contribution < 1.29 is 9.53 Å². The fraction of sp³-hybridized carbons (Fsp3) is 0.350. The molecule has 2 aromatic carbocycles. The number of anilines is 2. The van der Waals surface area contributed by atoms with Crippen LogP contribution in [0, 0.1) is 0 Å². The summed E-state index contributed by atoms with van der Waals surface area (Å²) < 4.78 is 5.54. The van der Waals surface area contributed by atoms with Crippen LogP contribution in [0.3, 0.4) is 0 Å². The van der Waals surface area contributed by atoms with Gasteiger partial charge in [-0.15, -0.1) is 0 Å². The molecule has 4 nitrogen and oxygen atoms in total. The molecular formula is C20H24N2O2. The van der Waals surface area contributed by atoms with E-state index in [9.17, 15) is 4.79 Å². The van der Waals surface area contributed by atoms with Gasteiger partial charge in [0.25, 0.3) is 0 Å². The van der Waals surface area contributed by atoms with Crippen molar-refractivity contribution >= 4 is 17.3 Å². The van der Waals surface area contributed by atoms with E-state index in [2.05, 4.69) is 10.6 Å². The third-order valence-electron chi connectivity index (χ3n) is 4.24. The molecule has 1 aliphatic carbocycles. The van der Waals surface area contributed by atoms with Gasteiger partial charge in [0, 0.05) is 17.4 Å². The van der Waals surface area contributed by atoms with Crippen molar-refractivity contribution in [2.75, 3.05) is 17.2 Å². The molecule has 0 radical (unpaired) electrons. The predicted molar refractivity (Wildman–Crippen MR) is 97.5 cm³/mol. The molecule has 2 N–H and O–H groups in total. The second kappa shape index (κ2) is 8.39. The Morgan fingerprint density at radius 3 is 2.33 bits per heavy atom. The van der Waals surface area contributed by atoms with Crippen molar-refractivity contribution in [3.8, 4) is 5.75 Å². The smallest absolute Gasteiger partial charge is 0.227 e. The van der Waals surface area contributed by atoms with Crippen molar-refractivity contribution in [2.24, 2.45) is 0 Å². The lowest BCUT2D eigenvalue weighted by Gasteiger charge is -2.14. The number of hydrogen-bond acceptors (Lipinski definition) is 3. The van der Waals surface area contributed by atoms with Gasteiger partial charge in [0.05, 0.1) is 13.0 Å². The Morgan fingerprint density at radius 1 is 0.958 bits per heavy atom. The van der Waals surface area contributed by atoms with E-state index in [1.165, 1.54) is 25.7 Å². The Hall–Kier alpha value is -2.49. The molecule has 1 amide bonds. The zero-order valence-electron chi connectivity index (χ0n) is 13.8. The van der Waals surface area contributed by atoms with E-state index in [1.807, 2.05) is 54.6 Å². The summed E-state index contributed by atoms with van der Waals surface area (Å²) in [4.78, 5) is 12.0. The molecule has 0 atom stereocenters. The molecule has 0 unspecified atom stereocenters. The van der Waals surface area contributed by atoms with E-state index in [0.29, 0.717) is 19.1 Å². The Bertz CT molecular complexity index is 634. The predicted octanol–water partition coefficient (Wildman–Crippen LogP) is 4.45. The van der Waals surface area contributed by atoms with Crippen LogP contribution in [-0.2, 0) is 4.79 Å². The first kappa shape index (κ1) is 16.4. The van der Waals surface area contributed by atoms with E-state index in [0.717, 1.165) is 17.1 Å². The van der Waals surface area contributed by atoms with Crippen molar-refractivity contribution in [1.82, 2.24) is 0 Å². The molecule has 24 heavy (non-hydrogen) atoms. The van der Waals surface area contributed by atoms with Gasteiger partial charge >= 0.3 is 0 Å². The van der Waals surface area contributed by atoms with E-state index in [4.69, 9.17) is 4.74 Å². The lowest BCUT2D eigenvalue weighted by molar-refractivity contribution is -0.116. The average molecular weight is 324 g/mol. The molecule has 0 aliphatic heterocycles. The van der Waals surface area contributed by atoms with Crippen LogP contribution in [0.25, 0.3) is 0 Å². The highest BCUT2D eigenvalue weighted by Gasteiger charge is 2.14. The van der Waals surface area contributed by atoms with E-state index in [1.54, 1.807) is 0 Å². The van der Waals surface area contributed by atoms with Crippen LogP contribution < -0.4 is 15.4 Å². The molecule has 2 aromatic rings. The first-order chi connectivity index (χ1) is 11.8. The quantitative estimate of drug-likeness (QED) is 0.791. The summed E-state index contributed by atoms with van der Waals surface area (Å²) in [6, 6.07) is 18.0. The highest BCUT2D eigenvalue weighted by molar-refractivity contribution is 5.90. The van der Waals surface area contributed by atoms with Gasteiger partial charge in [-0.3, -0.25) is 4.79 Å². The van der Waals surface area contributed by atoms with Gasteiger partial charge in [-0.1, -0.05) is 31.0 Å². The molecule has 3 rings (SSSR count). The zero-order chi connectivity index (χ0) is 16.6. The summed E-state index contributed by atoms with van der Waals surface area (Å²) >= 11 is 0. The number of nitrogens with one attached hydrogen (secondary N) is 2. The van der Waals surface area contributed by atoms with Crippen molar-refractivity contribution in [3.05, 3.63) is 54.6 Å². The van der Waals surface area contributed by atoms with Gasteiger partial charge in [-0.2, -0.15) is 0 Å². The molecular weight excluding hydrogens is 300 g/mol. The lowest BCUT2D eigenvalue weighted by Crippen LogP contribution is -2.16. The number of ether oxygens (including phenoxy) is 1. The fourth-order valence-corrected chi connectivity index (χ4v) is 2.96. The van der Waals surface area contributed by atoms with Crippen LogP contribution in [-0.4, -0.2) is 18.6 Å². The number of carbonyl (C=O) groups is 1. The van der Waals surface area contributed by atoms with E-state index >= 15 is 0 Å². The maximum atomic E-state index is 12.0. The van der Waals surface area contributed by atoms with Crippen molar-refractivity contribution in [2.45, 2.75) is 38.1 Å². The topological polar surface area (TPSA) is 50.4 Å². The Labute approximate surface area is 143 Å². The van der Waals surface area contributed by atoms with Crippen LogP contribution in [0.2, 0.25) is 0 Å². The van der Waals surface area contributed by atoms with Gasteiger partial charge in [-0.05, 0) is 49.2 Å². The summed E-state index contributed by atoms with van der Waals surface area (Å²) in [7, 11) is 0. The Morgan fingerprint density at radius 2 is 1.62 bits per heavy atom. The van der Waals surface area contributed by atoms with Crippen LogP contribution in [0.15, 0.2) is 54.6 Å². The average Bonchev–Trinajstić information content (AvgIpc) is 3.11. The first-order valence-corrected chi connectivity index (χ1v) is 8.64. The summed E-state index contributed by atoms with van der Waals surface area (Å²) in [5.41, 5.74) is 1.93. The standard InChI is InChI=1S/C20H24N2O2/c23-20(14-15-24-19-8-2-1-3-9-19)22-18-12-10-17(11-13-18)21-16-6-4-5-7-16/h1-3,8-13,16,21H,4-7,14-15H2,(H,22,23). The summed E-state index contributed by atoms with van der Waals surface area (Å²) in [6.45, 7) is 0.372. The monoisotopic (exact) mass is 324 g/mol. The number of carbonyl (C=O) groups excluding carboxylic acids is 1. The highest BCUT2D eigenvalue weighted by atomic mass is 16.5. The molecule has 4 heteroatoms. The largest absolute Gasteiger partial charge is 0.493 e. The number of amides is 1. The first-order valence-electron chi connectivity index (χ1n) is 8.64. The van der Waals surface area contributed by atoms with Gasteiger partial charge in [0.1, 0.15) is 5.75 Å². The third kappa shape index (κ3) is 5.01. The summed E-state index contributed by atoms with van der Waals surface area (Å²) in [6.07, 6.45) is 5.46. The van der Waals surface area contributed by atoms with E-state index < -0.39 is 0 Å². The maximum Gasteiger partial charge on any atom is 0.227 e. The van der Waals surface area contributed by atoms with Crippen LogP contribution in [0.4, 0.5) is 11.4 Å². The number of para-hydroxylation sites is 1. The van der Waals surface area contributed by atoms with Gasteiger partial charge in [0.2, 0.25) is 5.91 Å². The second-order valence-electron chi connectivity index (χ2n) is 6.16. The van der Waals surface area contributed by atoms with Crippen molar-refractivity contribution in [1.29, 1.82) is 0 Å². The van der Waals surface area contributed by atoms with Crippen molar-refractivity contribution in [3.63, 3.8) is 0 Å². The van der Waals surface area contributed by atoms with Gasteiger partial charge < -0.3 is 15.4 Å². The SMILES string of the molecule is O=C(CCOc1ccccc1)Nc1ccc(NC2CCCC2)cc1. The third-order valence-corrected chi connectivity index (χ3v) is 4.24. The number of hydrogen-bond donors (Lipinski definition) is 2. The zero-order valence-corrected chi connectivity index (χ0v) is 13.8. The highest BCUT2D eigenvalue weighted by Crippen LogP contribution is 2.23. The molecule has 1 fully saturated rings. The molecule has 0 spiro atoms. The molecule has 0 aromatic heterocycles. The fourth-order valence-electron chi connectivity index (χ4n) is 2.96. The normalized spacial score (nSPS) is 14.3. The van der Waals surface area contributed by atoms with Gasteiger partial charge in [0.15, 0.2) is 0 Å². The number of rotatable bonds is 7. The van der Waals surface area contributed by atoms with Gasteiger partial charge in [-0.25, -0.2) is 0 Å². The summed E-state index contributed by atoms with van der Waals surface area (Å²) in [5, 5.41) is 6.44. The molecule has 1 saturated carbocycles. The molecule has 0 heterocycles. The minimum Gasteiger partial charge on any atom is -0.493 e. The molecule has 0 bridgehead atoms. The Kier molecular flexibility index (Phi) is 5.72. The van der Waals surface area contributed by atoms with Crippen LogP contribution in [0.1, 0.15) is 32.1 Å².